The minimum atomic E-state index is -1.26. The van der Waals surface area contributed by atoms with Crippen molar-refractivity contribution >= 4 is 0 Å². The highest BCUT2D eigenvalue weighted by Crippen LogP contribution is 1.91. The molecule has 0 bridgehead atoms. The summed E-state index contributed by atoms with van der Waals surface area (Å²) in [4.78, 5) is 0. The Labute approximate surface area is 48.6 Å². The van der Waals surface area contributed by atoms with E-state index in [0.717, 1.165) is 0 Å². The van der Waals surface area contributed by atoms with Crippen LogP contribution >= 0.6 is 0 Å². The normalized spacial score (nSPS) is 13.9. The molecule has 0 aromatic heterocycles. The number of hydrogen-bond donors (Lipinski definition) is 0. The van der Waals surface area contributed by atoms with Gasteiger partial charge in [-0.05, 0) is 6.92 Å². The van der Waals surface area contributed by atoms with Gasteiger partial charge in [0.25, 0.3) is 0 Å². The molecule has 3 heteroatoms. The number of rotatable bonds is 4. The highest BCUT2D eigenvalue weighted by Gasteiger charge is 2.01. The van der Waals surface area contributed by atoms with Gasteiger partial charge in [-0.3, -0.25) is 0 Å². The highest BCUT2D eigenvalue weighted by atomic mass is 19.1. The highest BCUT2D eigenvalue weighted by molar-refractivity contribution is 4.33. The Kier molecular flexibility index (Phi) is 4.90. The quantitative estimate of drug-likeness (QED) is 0.553. The summed E-state index contributed by atoms with van der Waals surface area (Å²) >= 11 is 0. The third kappa shape index (κ3) is 4.02. The summed E-state index contributed by atoms with van der Waals surface area (Å²) in [5.74, 6) is 0. The van der Waals surface area contributed by atoms with Gasteiger partial charge >= 0.3 is 0 Å². The first-order chi connectivity index (χ1) is 3.81. The van der Waals surface area contributed by atoms with Gasteiger partial charge in [-0.1, -0.05) is 0 Å². The van der Waals surface area contributed by atoms with E-state index in [1.165, 1.54) is 7.11 Å². The molecule has 1 unspecified atom stereocenters. The monoisotopic (exact) mass is 122 g/mol. The van der Waals surface area contributed by atoms with Gasteiger partial charge in [0.2, 0.25) is 6.36 Å². The van der Waals surface area contributed by atoms with Crippen molar-refractivity contribution in [2.24, 2.45) is 0 Å². The van der Waals surface area contributed by atoms with Gasteiger partial charge in [0.05, 0.1) is 0 Å². The third-order valence-corrected chi connectivity index (χ3v) is 0.645. The lowest BCUT2D eigenvalue weighted by atomic mass is 10.7. The molecule has 0 aliphatic heterocycles. The summed E-state index contributed by atoms with van der Waals surface area (Å²) in [6.45, 7) is 2.15. The predicted octanol–water partition coefficient (Wildman–Crippen LogP) is 0.965. The molecule has 8 heavy (non-hydrogen) atoms. The maximum atomic E-state index is 12.1. The van der Waals surface area contributed by atoms with Crippen LogP contribution in [0.1, 0.15) is 6.92 Å². The van der Waals surface area contributed by atoms with Crippen LogP contribution in [0.15, 0.2) is 0 Å². The number of ether oxygens (including phenoxy) is 2. The van der Waals surface area contributed by atoms with Crippen molar-refractivity contribution in [1.29, 1.82) is 0 Å². The van der Waals surface area contributed by atoms with Crippen molar-refractivity contribution in [3.63, 3.8) is 0 Å². The molecular weight excluding hydrogens is 111 g/mol. The Bertz CT molecular complexity index is 43.7. The Morgan fingerprint density at radius 2 is 2.25 bits per heavy atom. The van der Waals surface area contributed by atoms with E-state index in [2.05, 4.69) is 9.47 Å². The predicted molar refractivity (Wildman–Crippen MR) is 28.4 cm³/mol. The zero-order chi connectivity index (χ0) is 6.41. The molecule has 0 rings (SSSR count). The Morgan fingerprint density at radius 1 is 1.62 bits per heavy atom. The SMILES string of the molecule is CCOC(F)COC. The van der Waals surface area contributed by atoms with Crippen LogP contribution < -0.4 is 0 Å². The van der Waals surface area contributed by atoms with Crippen molar-refractivity contribution in [2.45, 2.75) is 13.3 Å². The summed E-state index contributed by atoms with van der Waals surface area (Å²) in [5, 5.41) is 0. The summed E-state index contributed by atoms with van der Waals surface area (Å²) in [5.41, 5.74) is 0. The molecular formula is C5H11FO2. The molecule has 0 heterocycles. The van der Waals surface area contributed by atoms with Crippen LogP contribution in [0, 0.1) is 0 Å². The van der Waals surface area contributed by atoms with Crippen LogP contribution in [0.4, 0.5) is 4.39 Å². The van der Waals surface area contributed by atoms with Gasteiger partial charge in [0.15, 0.2) is 0 Å². The second-order valence-electron chi connectivity index (χ2n) is 1.32. The van der Waals surface area contributed by atoms with Crippen LogP contribution in [0.2, 0.25) is 0 Å². The zero-order valence-corrected chi connectivity index (χ0v) is 5.19. The molecule has 0 saturated carbocycles. The first kappa shape index (κ1) is 7.85. The maximum Gasteiger partial charge on any atom is 0.222 e. The van der Waals surface area contributed by atoms with Gasteiger partial charge in [0.1, 0.15) is 6.61 Å². The molecule has 1 atom stereocenters. The van der Waals surface area contributed by atoms with Crippen molar-refractivity contribution in [1.82, 2.24) is 0 Å². The minimum absolute atomic E-state index is 0.0217. The Hall–Kier alpha value is -0.150. The molecule has 0 aromatic carbocycles. The number of alkyl halides is 1. The summed E-state index contributed by atoms with van der Waals surface area (Å²) in [7, 11) is 1.44. The van der Waals surface area contributed by atoms with Crippen molar-refractivity contribution in [3.05, 3.63) is 0 Å². The van der Waals surface area contributed by atoms with Gasteiger partial charge in [0, 0.05) is 13.7 Å². The lowest BCUT2D eigenvalue weighted by Crippen LogP contribution is -2.12. The van der Waals surface area contributed by atoms with Crippen LogP contribution in [-0.2, 0) is 9.47 Å². The topological polar surface area (TPSA) is 18.5 Å². The molecule has 0 aromatic rings. The number of methoxy groups -OCH3 is 1. The van der Waals surface area contributed by atoms with E-state index in [0.29, 0.717) is 6.61 Å². The van der Waals surface area contributed by atoms with Gasteiger partial charge < -0.3 is 9.47 Å². The maximum absolute atomic E-state index is 12.1. The molecule has 0 aliphatic carbocycles. The van der Waals surface area contributed by atoms with E-state index in [1.807, 2.05) is 0 Å². The van der Waals surface area contributed by atoms with E-state index in [4.69, 9.17) is 0 Å². The largest absolute Gasteiger partial charge is 0.379 e. The molecule has 0 amide bonds. The van der Waals surface area contributed by atoms with Crippen LogP contribution in [0.3, 0.4) is 0 Å². The fraction of sp³-hybridized carbons (Fsp3) is 1.00. The standard InChI is InChI=1S/C5H11FO2/c1-3-8-5(6)4-7-2/h5H,3-4H2,1-2H3. The molecule has 0 saturated heterocycles. The van der Waals surface area contributed by atoms with Gasteiger partial charge in [-0.25, -0.2) is 4.39 Å². The fourth-order valence-corrected chi connectivity index (χ4v) is 0.360. The first-order valence-corrected chi connectivity index (χ1v) is 2.55. The molecule has 0 radical (unpaired) electrons. The molecule has 0 N–H and O–H groups in total. The number of hydrogen-bond acceptors (Lipinski definition) is 2. The zero-order valence-electron chi connectivity index (χ0n) is 5.19. The van der Waals surface area contributed by atoms with E-state index in [9.17, 15) is 4.39 Å². The smallest absolute Gasteiger partial charge is 0.222 e. The molecule has 0 aliphatic rings. The lowest BCUT2D eigenvalue weighted by molar-refractivity contribution is -0.0745. The Morgan fingerprint density at radius 3 is 2.62 bits per heavy atom. The average molecular weight is 122 g/mol. The molecule has 50 valence electrons. The van der Waals surface area contributed by atoms with Crippen LogP contribution in [-0.4, -0.2) is 26.7 Å². The molecule has 0 spiro atoms. The minimum Gasteiger partial charge on any atom is -0.379 e. The first-order valence-electron chi connectivity index (χ1n) is 2.55. The van der Waals surface area contributed by atoms with Crippen molar-refractivity contribution in [2.75, 3.05) is 20.3 Å². The van der Waals surface area contributed by atoms with Crippen molar-refractivity contribution in [3.8, 4) is 0 Å². The van der Waals surface area contributed by atoms with Gasteiger partial charge in [-0.15, -0.1) is 0 Å². The molecule has 2 nitrogen and oxygen atoms in total. The van der Waals surface area contributed by atoms with E-state index >= 15 is 0 Å². The number of halogens is 1. The van der Waals surface area contributed by atoms with Crippen LogP contribution in [0.5, 0.6) is 0 Å². The van der Waals surface area contributed by atoms with E-state index in [-0.39, 0.29) is 6.61 Å². The lowest BCUT2D eigenvalue weighted by Gasteiger charge is -2.04. The second-order valence-corrected chi connectivity index (χ2v) is 1.32. The second kappa shape index (κ2) is 5.00. The summed E-state index contributed by atoms with van der Waals surface area (Å²) < 4.78 is 21.0. The Balaban J connectivity index is 2.92. The van der Waals surface area contributed by atoms with Crippen molar-refractivity contribution < 1.29 is 13.9 Å². The van der Waals surface area contributed by atoms with E-state index in [1.54, 1.807) is 6.92 Å². The summed E-state index contributed by atoms with van der Waals surface area (Å²) in [6.07, 6.45) is -1.26. The average Bonchev–Trinajstić information content (AvgIpc) is 1.68. The summed E-state index contributed by atoms with van der Waals surface area (Å²) in [6, 6.07) is 0. The fourth-order valence-electron chi connectivity index (χ4n) is 0.360. The van der Waals surface area contributed by atoms with E-state index < -0.39 is 6.36 Å². The third-order valence-electron chi connectivity index (χ3n) is 0.645. The van der Waals surface area contributed by atoms with Crippen LogP contribution in [0.25, 0.3) is 0 Å². The van der Waals surface area contributed by atoms with Gasteiger partial charge in [-0.2, -0.15) is 0 Å². The molecule has 0 fully saturated rings.